The van der Waals surface area contributed by atoms with Crippen LogP contribution in [0.1, 0.15) is 39.5 Å². The van der Waals surface area contributed by atoms with Crippen LogP contribution in [0.15, 0.2) is 0 Å². The summed E-state index contributed by atoms with van der Waals surface area (Å²) in [5.74, 6) is -2.06. The van der Waals surface area contributed by atoms with Crippen LogP contribution >= 0.6 is 0 Å². The maximum atomic E-state index is 12.6. The Bertz CT molecular complexity index is 241. The molecule has 0 bridgehead atoms. The van der Waals surface area contributed by atoms with Gasteiger partial charge >= 0.3 is 0 Å². The van der Waals surface area contributed by atoms with Crippen LogP contribution in [0, 0.1) is 17.8 Å². The highest BCUT2D eigenvalue weighted by Crippen LogP contribution is 2.54. The van der Waals surface area contributed by atoms with Crippen molar-refractivity contribution in [3.63, 3.8) is 0 Å². The summed E-state index contributed by atoms with van der Waals surface area (Å²) >= 11 is 0. The number of rotatable bonds is 3. The van der Waals surface area contributed by atoms with Gasteiger partial charge in [-0.05, 0) is 31.1 Å². The summed E-state index contributed by atoms with van der Waals surface area (Å²) in [4.78, 5) is 0. The van der Waals surface area contributed by atoms with E-state index >= 15 is 0 Å². The summed E-state index contributed by atoms with van der Waals surface area (Å²) in [5.41, 5.74) is -0.641. The maximum absolute atomic E-state index is 12.6. The average molecular weight is 204 g/mol. The molecule has 0 heterocycles. The molecule has 0 aliphatic heterocycles. The van der Waals surface area contributed by atoms with Crippen molar-refractivity contribution in [2.75, 3.05) is 0 Å². The van der Waals surface area contributed by atoms with Gasteiger partial charge in [-0.15, -0.1) is 0 Å². The van der Waals surface area contributed by atoms with Crippen LogP contribution < -0.4 is 0 Å². The number of alkyl halides is 2. The van der Waals surface area contributed by atoms with Crippen LogP contribution in [0.4, 0.5) is 8.78 Å². The van der Waals surface area contributed by atoms with E-state index in [1.807, 2.05) is 6.92 Å². The predicted molar refractivity (Wildman–Crippen MR) is 50.2 cm³/mol. The van der Waals surface area contributed by atoms with E-state index in [2.05, 4.69) is 6.92 Å². The van der Waals surface area contributed by atoms with Crippen molar-refractivity contribution in [3.8, 4) is 0 Å². The molecule has 0 aromatic carbocycles. The highest BCUT2D eigenvalue weighted by molar-refractivity contribution is 5.01. The number of aliphatic hydroxyl groups is 1. The van der Waals surface area contributed by atoms with Crippen molar-refractivity contribution >= 4 is 0 Å². The van der Waals surface area contributed by atoms with Crippen LogP contribution in [-0.4, -0.2) is 16.6 Å². The lowest BCUT2D eigenvalue weighted by molar-refractivity contribution is -0.132. The fourth-order valence-electron chi connectivity index (χ4n) is 2.63. The van der Waals surface area contributed by atoms with Gasteiger partial charge in [0.2, 0.25) is 0 Å². The van der Waals surface area contributed by atoms with E-state index in [4.69, 9.17) is 0 Å². The first kappa shape index (κ1) is 10.3. The molecule has 0 spiro atoms. The van der Waals surface area contributed by atoms with E-state index in [1.165, 1.54) is 0 Å². The first-order valence-corrected chi connectivity index (χ1v) is 5.45. The molecule has 3 heteroatoms. The molecule has 0 amide bonds. The summed E-state index contributed by atoms with van der Waals surface area (Å²) in [6.45, 7) is 4.12. The lowest BCUT2D eigenvalue weighted by atomic mass is 9.61. The highest BCUT2D eigenvalue weighted by Gasteiger charge is 2.57. The molecule has 14 heavy (non-hydrogen) atoms. The van der Waals surface area contributed by atoms with Crippen LogP contribution in [0.2, 0.25) is 0 Å². The zero-order valence-corrected chi connectivity index (χ0v) is 8.76. The van der Waals surface area contributed by atoms with Gasteiger partial charge in [-0.25, -0.2) is 8.78 Å². The Balaban J connectivity index is 1.77. The van der Waals surface area contributed by atoms with E-state index < -0.39 is 17.4 Å². The standard InChI is InChI=1S/C11H18F2O/c1-7-5-10(14,8(7)2)4-3-9-6-11(9,12)13/h7-9,14H,3-6H2,1-2H3. The molecule has 0 saturated heterocycles. The van der Waals surface area contributed by atoms with Gasteiger partial charge in [-0.3, -0.25) is 0 Å². The van der Waals surface area contributed by atoms with Crippen molar-refractivity contribution in [3.05, 3.63) is 0 Å². The second kappa shape index (κ2) is 2.91. The van der Waals surface area contributed by atoms with Gasteiger partial charge in [0.1, 0.15) is 0 Å². The van der Waals surface area contributed by atoms with Gasteiger partial charge in [0.25, 0.3) is 5.92 Å². The third-order valence-electron chi connectivity index (χ3n) is 4.26. The van der Waals surface area contributed by atoms with E-state index in [0.717, 1.165) is 6.42 Å². The Morgan fingerprint density at radius 3 is 2.21 bits per heavy atom. The SMILES string of the molecule is CC1CC(O)(CCC2CC2(F)F)C1C. The second-order valence-electron chi connectivity index (χ2n) is 5.27. The molecule has 2 rings (SSSR count). The van der Waals surface area contributed by atoms with Crippen LogP contribution in [0.3, 0.4) is 0 Å². The van der Waals surface area contributed by atoms with E-state index in [9.17, 15) is 13.9 Å². The molecule has 4 unspecified atom stereocenters. The zero-order valence-electron chi connectivity index (χ0n) is 8.76. The van der Waals surface area contributed by atoms with E-state index in [1.54, 1.807) is 0 Å². The topological polar surface area (TPSA) is 20.2 Å². The Morgan fingerprint density at radius 2 is 1.86 bits per heavy atom. The fourth-order valence-corrected chi connectivity index (χ4v) is 2.63. The van der Waals surface area contributed by atoms with Crippen molar-refractivity contribution in [2.45, 2.75) is 51.1 Å². The lowest BCUT2D eigenvalue weighted by Gasteiger charge is -2.49. The van der Waals surface area contributed by atoms with E-state index in [-0.39, 0.29) is 12.3 Å². The van der Waals surface area contributed by atoms with Gasteiger partial charge in [0.05, 0.1) is 5.60 Å². The third-order valence-corrected chi connectivity index (χ3v) is 4.26. The normalized spacial score (nSPS) is 49.9. The largest absolute Gasteiger partial charge is 0.390 e. The predicted octanol–water partition coefficient (Wildman–Crippen LogP) is 2.83. The molecular weight excluding hydrogens is 186 g/mol. The summed E-state index contributed by atoms with van der Waals surface area (Å²) < 4.78 is 25.2. The summed E-state index contributed by atoms with van der Waals surface area (Å²) in [6.07, 6.45) is 1.86. The molecule has 1 N–H and O–H groups in total. The molecule has 2 aliphatic rings. The minimum absolute atomic E-state index is 0.0347. The van der Waals surface area contributed by atoms with Gasteiger partial charge in [0, 0.05) is 12.3 Å². The quantitative estimate of drug-likeness (QED) is 0.749. The first-order valence-electron chi connectivity index (χ1n) is 5.45. The maximum Gasteiger partial charge on any atom is 0.251 e. The number of hydrogen-bond acceptors (Lipinski definition) is 1. The molecule has 2 aliphatic carbocycles. The van der Waals surface area contributed by atoms with Crippen molar-refractivity contribution < 1.29 is 13.9 Å². The van der Waals surface area contributed by atoms with Crippen LogP contribution in [0.25, 0.3) is 0 Å². The Labute approximate surface area is 83.5 Å². The lowest BCUT2D eigenvalue weighted by Crippen LogP contribution is -2.51. The third kappa shape index (κ3) is 1.56. The van der Waals surface area contributed by atoms with Crippen molar-refractivity contribution in [2.24, 2.45) is 17.8 Å². The smallest absolute Gasteiger partial charge is 0.251 e. The van der Waals surface area contributed by atoms with Gasteiger partial charge < -0.3 is 5.11 Å². The summed E-state index contributed by atoms with van der Waals surface area (Å²) in [6, 6.07) is 0. The molecule has 1 nitrogen and oxygen atoms in total. The zero-order chi connectivity index (χ0) is 10.6. The monoisotopic (exact) mass is 204 g/mol. The Morgan fingerprint density at radius 1 is 1.29 bits per heavy atom. The van der Waals surface area contributed by atoms with Crippen molar-refractivity contribution in [1.29, 1.82) is 0 Å². The second-order valence-corrected chi connectivity index (χ2v) is 5.27. The first-order chi connectivity index (χ1) is 6.35. The molecule has 2 saturated carbocycles. The highest BCUT2D eigenvalue weighted by atomic mass is 19.3. The molecule has 0 aromatic heterocycles. The summed E-state index contributed by atoms with van der Waals surface area (Å²) in [5, 5.41) is 10.1. The number of hydrogen-bond donors (Lipinski definition) is 1. The fraction of sp³-hybridized carbons (Fsp3) is 1.00. The minimum Gasteiger partial charge on any atom is -0.390 e. The number of halogens is 2. The van der Waals surface area contributed by atoms with Crippen LogP contribution in [-0.2, 0) is 0 Å². The van der Waals surface area contributed by atoms with Gasteiger partial charge in [0.15, 0.2) is 0 Å². The Kier molecular flexibility index (Phi) is 2.15. The molecule has 82 valence electrons. The molecule has 4 atom stereocenters. The molecular formula is C11H18F2O. The minimum atomic E-state index is -2.42. The summed E-state index contributed by atoms with van der Waals surface area (Å²) in [7, 11) is 0. The van der Waals surface area contributed by atoms with E-state index in [0.29, 0.717) is 18.8 Å². The molecule has 0 radical (unpaired) electrons. The van der Waals surface area contributed by atoms with Gasteiger partial charge in [-0.2, -0.15) is 0 Å². The van der Waals surface area contributed by atoms with Crippen LogP contribution in [0.5, 0.6) is 0 Å². The van der Waals surface area contributed by atoms with Gasteiger partial charge in [-0.1, -0.05) is 13.8 Å². The van der Waals surface area contributed by atoms with Crippen molar-refractivity contribution in [1.82, 2.24) is 0 Å². The Hall–Kier alpha value is -0.180. The molecule has 2 fully saturated rings. The average Bonchev–Trinajstić information content (AvgIpc) is 2.70. The molecule has 0 aromatic rings.